The van der Waals surface area contributed by atoms with Crippen LogP contribution in [0.5, 0.6) is 0 Å². The lowest BCUT2D eigenvalue weighted by Crippen LogP contribution is -1.91. The minimum Gasteiger partial charge on any atom is -0.192 e. The molecule has 0 bridgehead atoms. The Morgan fingerprint density at radius 3 is 2.17 bits per heavy atom. The van der Waals surface area contributed by atoms with Gasteiger partial charge in [-0.2, -0.15) is 5.26 Å². The van der Waals surface area contributed by atoms with Crippen LogP contribution in [-0.2, 0) is 6.42 Å². The molecule has 0 aromatic heterocycles. The van der Waals surface area contributed by atoms with E-state index < -0.39 is 0 Å². The monoisotopic (exact) mass is 293 g/mol. The Hall–Kier alpha value is -3.11. The van der Waals surface area contributed by atoms with Gasteiger partial charge < -0.3 is 0 Å². The molecule has 4 rings (SSSR count). The first-order valence-electron chi connectivity index (χ1n) is 7.73. The molecule has 0 unspecified atom stereocenters. The number of fused-ring (bicyclic) bond motifs is 2. The molecule has 0 aliphatic heterocycles. The fourth-order valence-corrected chi connectivity index (χ4v) is 3.15. The topological polar surface area (TPSA) is 23.8 Å². The summed E-state index contributed by atoms with van der Waals surface area (Å²) in [5, 5.41) is 14.1. The third-order valence-electron chi connectivity index (χ3n) is 4.26. The highest BCUT2D eigenvalue weighted by molar-refractivity contribution is 5.88. The summed E-state index contributed by atoms with van der Waals surface area (Å²) in [5.41, 5.74) is 3.19. The Morgan fingerprint density at radius 1 is 0.652 bits per heavy atom. The predicted molar refractivity (Wildman–Crippen MR) is 95.4 cm³/mol. The van der Waals surface area contributed by atoms with Crippen molar-refractivity contribution in [2.45, 2.75) is 6.42 Å². The number of rotatable bonds is 2. The Morgan fingerprint density at radius 2 is 1.35 bits per heavy atom. The van der Waals surface area contributed by atoms with Gasteiger partial charge in [0.2, 0.25) is 0 Å². The Kier molecular flexibility index (Phi) is 3.29. The van der Waals surface area contributed by atoms with Crippen LogP contribution in [0.15, 0.2) is 78.9 Å². The third kappa shape index (κ3) is 2.56. The summed E-state index contributed by atoms with van der Waals surface area (Å²) in [4.78, 5) is 0. The van der Waals surface area contributed by atoms with Crippen molar-refractivity contribution in [1.82, 2.24) is 0 Å². The molecule has 4 aromatic rings. The van der Waals surface area contributed by atoms with Gasteiger partial charge in [0, 0.05) is 0 Å². The molecule has 1 heteroatoms. The van der Waals surface area contributed by atoms with Crippen molar-refractivity contribution >= 4 is 21.5 Å². The van der Waals surface area contributed by atoms with Gasteiger partial charge in [-0.3, -0.25) is 0 Å². The fourth-order valence-electron chi connectivity index (χ4n) is 3.15. The number of hydrogen-bond donors (Lipinski definition) is 0. The molecule has 1 nitrogen and oxygen atoms in total. The molecule has 0 fully saturated rings. The van der Waals surface area contributed by atoms with Crippen LogP contribution >= 0.6 is 0 Å². The summed E-state index contributed by atoms with van der Waals surface area (Å²) in [6, 6.07) is 29.6. The van der Waals surface area contributed by atoms with E-state index in [1.807, 2.05) is 24.3 Å². The molecule has 4 aromatic carbocycles. The van der Waals surface area contributed by atoms with Crippen LogP contribution in [0.25, 0.3) is 21.5 Å². The molecular formula is C22H15N. The van der Waals surface area contributed by atoms with E-state index in [1.54, 1.807) is 0 Å². The highest BCUT2D eigenvalue weighted by Crippen LogP contribution is 2.23. The Balaban J connectivity index is 1.78. The van der Waals surface area contributed by atoms with Gasteiger partial charge in [-0.15, -0.1) is 0 Å². The van der Waals surface area contributed by atoms with E-state index in [0.29, 0.717) is 0 Å². The molecule has 0 heterocycles. The first kappa shape index (κ1) is 13.5. The lowest BCUT2D eigenvalue weighted by molar-refractivity contribution is 1.20. The second-order valence-electron chi connectivity index (χ2n) is 5.83. The van der Waals surface area contributed by atoms with Crippen LogP contribution < -0.4 is 0 Å². The number of nitriles is 1. The van der Waals surface area contributed by atoms with Gasteiger partial charge in [0.25, 0.3) is 0 Å². The van der Waals surface area contributed by atoms with Crippen LogP contribution in [0.2, 0.25) is 0 Å². The Bertz CT molecular complexity index is 1050. The highest BCUT2D eigenvalue weighted by atomic mass is 14.2. The normalized spacial score (nSPS) is 10.7. The van der Waals surface area contributed by atoms with Gasteiger partial charge in [-0.05, 0) is 45.2 Å². The smallest absolute Gasteiger partial charge is 0.0998 e. The predicted octanol–water partition coefficient (Wildman–Crippen LogP) is 5.46. The SMILES string of the molecule is N#Cc1cc(Cc2ccc3ccccc3c2)cc2ccccc12. The molecular weight excluding hydrogens is 278 g/mol. The summed E-state index contributed by atoms with van der Waals surface area (Å²) in [5.74, 6) is 0. The molecule has 0 atom stereocenters. The maximum atomic E-state index is 9.42. The average molecular weight is 293 g/mol. The van der Waals surface area contributed by atoms with Gasteiger partial charge in [0.15, 0.2) is 0 Å². The van der Waals surface area contributed by atoms with Crippen molar-refractivity contribution in [3.63, 3.8) is 0 Å². The first-order chi connectivity index (χ1) is 11.3. The molecule has 0 aliphatic rings. The molecule has 0 N–H and O–H groups in total. The standard InChI is InChI=1S/C22H15N/c23-15-21-14-17(13-20-7-3-4-8-22(20)21)11-16-9-10-18-5-1-2-6-19(18)12-16/h1-10,12-14H,11H2. The van der Waals surface area contributed by atoms with Crippen molar-refractivity contribution in [2.24, 2.45) is 0 Å². The lowest BCUT2D eigenvalue weighted by Gasteiger charge is -2.07. The molecule has 0 saturated carbocycles. The van der Waals surface area contributed by atoms with E-state index in [0.717, 1.165) is 22.8 Å². The minimum absolute atomic E-state index is 0.749. The van der Waals surface area contributed by atoms with E-state index in [1.165, 1.54) is 21.9 Å². The number of hydrogen-bond acceptors (Lipinski definition) is 1. The molecule has 0 aliphatic carbocycles. The Labute approximate surface area is 135 Å². The first-order valence-corrected chi connectivity index (χ1v) is 7.73. The second kappa shape index (κ2) is 5.59. The van der Waals surface area contributed by atoms with Crippen LogP contribution in [0.3, 0.4) is 0 Å². The molecule has 0 radical (unpaired) electrons. The fraction of sp³-hybridized carbons (Fsp3) is 0.0455. The second-order valence-corrected chi connectivity index (χ2v) is 5.83. The van der Waals surface area contributed by atoms with Crippen molar-refractivity contribution in [3.8, 4) is 6.07 Å². The zero-order valence-electron chi connectivity index (χ0n) is 12.7. The van der Waals surface area contributed by atoms with E-state index in [4.69, 9.17) is 0 Å². The molecule has 0 amide bonds. The zero-order valence-corrected chi connectivity index (χ0v) is 12.7. The van der Waals surface area contributed by atoms with E-state index in [2.05, 4.69) is 60.7 Å². The van der Waals surface area contributed by atoms with Crippen LogP contribution in [0.1, 0.15) is 16.7 Å². The molecule has 0 spiro atoms. The quantitative estimate of drug-likeness (QED) is 0.481. The molecule has 0 saturated heterocycles. The summed E-state index contributed by atoms with van der Waals surface area (Å²) in [6.07, 6.45) is 0.838. The largest absolute Gasteiger partial charge is 0.192 e. The van der Waals surface area contributed by atoms with Crippen LogP contribution in [0, 0.1) is 11.3 Å². The van der Waals surface area contributed by atoms with Gasteiger partial charge in [0.05, 0.1) is 11.6 Å². The van der Waals surface area contributed by atoms with E-state index in [-0.39, 0.29) is 0 Å². The highest BCUT2D eigenvalue weighted by Gasteiger charge is 2.05. The zero-order chi connectivity index (χ0) is 15.6. The van der Waals surface area contributed by atoms with Gasteiger partial charge in [-0.25, -0.2) is 0 Å². The van der Waals surface area contributed by atoms with E-state index >= 15 is 0 Å². The van der Waals surface area contributed by atoms with Crippen molar-refractivity contribution in [3.05, 3.63) is 95.6 Å². The van der Waals surface area contributed by atoms with Crippen molar-refractivity contribution in [2.75, 3.05) is 0 Å². The van der Waals surface area contributed by atoms with Gasteiger partial charge in [-0.1, -0.05) is 72.8 Å². The van der Waals surface area contributed by atoms with Crippen molar-refractivity contribution < 1.29 is 0 Å². The molecule has 108 valence electrons. The summed E-state index contributed by atoms with van der Waals surface area (Å²) in [6.45, 7) is 0. The van der Waals surface area contributed by atoms with Crippen molar-refractivity contribution in [1.29, 1.82) is 5.26 Å². The summed E-state index contributed by atoms with van der Waals surface area (Å²) in [7, 11) is 0. The number of benzene rings is 4. The average Bonchev–Trinajstić information content (AvgIpc) is 2.61. The van der Waals surface area contributed by atoms with Gasteiger partial charge >= 0.3 is 0 Å². The summed E-state index contributed by atoms with van der Waals surface area (Å²) >= 11 is 0. The summed E-state index contributed by atoms with van der Waals surface area (Å²) < 4.78 is 0. The minimum atomic E-state index is 0.749. The van der Waals surface area contributed by atoms with Crippen LogP contribution in [0.4, 0.5) is 0 Å². The van der Waals surface area contributed by atoms with Gasteiger partial charge in [0.1, 0.15) is 0 Å². The maximum absolute atomic E-state index is 9.42. The molecule has 23 heavy (non-hydrogen) atoms. The van der Waals surface area contributed by atoms with Crippen LogP contribution in [-0.4, -0.2) is 0 Å². The van der Waals surface area contributed by atoms with E-state index in [9.17, 15) is 5.26 Å². The number of nitrogens with zero attached hydrogens (tertiary/aromatic N) is 1. The maximum Gasteiger partial charge on any atom is 0.0998 e. The third-order valence-corrected chi connectivity index (χ3v) is 4.26. The lowest BCUT2D eigenvalue weighted by atomic mass is 9.96.